The first-order valence-electron chi connectivity index (χ1n) is 23.7. The summed E-state index contributed by atoms with van der Waals surface area (Å²) in [6.45, 7) is 0. The van der Waals surface area contributed by atoms with Gasteiger partial charge in [-0.05, 0) is 149 Å². The maximum Gasteiger partial charge on any atom is 0.136 e. The molecule has 12 aromatic rings. The Morgan fingerprint density at radius 3 is 1.63 bits per heavy atom. The molecule has 3 aliphatic rings. The van der Waals surface area contributed by atoms with Crippen LogP contribution in [0, 0.1) is 0 Å². The fourth-order valence-corrected chi connectivity index (χ4v) is 12.4. The minimum atomic E-state index is -0.442. The zero-order valence-corrected chi connectivity index (χ0v) is 37.1. The number of anilines is 3. The Labute approximate surface area is 394 Å². The van der Waals surface area contributed by atoms with Crippen LogP contribution in [0.2, 0.25) is 0 Å². The largest absolute Gasteiger partial charge is 0.456 e. The molecule has 0 fully saturated rings. The van der Waals surface area contributed by atoms with Crippen molar-refractivity contribution in [3.8, 4) is 55.6 Å². The van der Waals surface area contributed by atoms with Crippen LogP contribution < -0.4 is 4.90 Å². The zero-order chi connectivity index (χ0) is 44.5. The van der Waals surface area contributed by atoms with Gasteiger partial charge in [-0.25, -0.2) is 0 Å². The topological polar surface area (TPSA) is 16.4 Å². The molecule has 2 heteroatoms. The second-order valence-corrected chi connectivity index (χ2v) is 18.7. The summed E-state index contributed by atoms with van der Waals surface area (Å²) in [5, 5.41) is 4.98. The minimum Gasteiger partial charge on any atom is -0.456 e. The Morgan fingerprint density at radius 2 is 0.897 bits per heavy atom. The molecule has 1 aromatic heterocycles. The van der Waals surface area contributed by atoms with E-state index in [1.54, 1.807) is 0 Å². The minimum absolute atomic E-state index is 0.442. The van der Waals surface area contributed by atoms with Crippen molar-refractivity contribution in [3.63, 3.8) is 0 Å². The van der Waals surface area contributed by atoms with Gasteiger partial charge in [0.05, 0.1) is 11.1 Å². The summed E-state index contributed by atoms with van der Waals surface area (Å²) in [7, 11) is 0. The van der Waals surface area contributed by atoms with Crippen LogP contribution in [0.3, 0.4) is 0 Å². The van der Waals surface area contributed by atoms with Gasteiger partial charge in [0.25, 0.3) is 0 Å². The quantitative estimate of drug-likeness (QED) is 0.171. The van der Waals surface area contributed by atoms with Gasteiger partial charge < -0.3 is 9.32 Å². The average Bonchev–Trinajstić information content (AvgIpc) is 4.03. The van der Waals surface area contributed by atoms with Crippen molar-refractivity contribution in [3.05, 3.63) is 270 Å². The van der Waals surface area contributed by atoms with Crippen LogP contribution in [0.15, 0.2) is 241 Å². The Balaban J connectivity index is 0.889. The molecule has 0 amide bonds. The van der Waals surface area contributed by atoms with Gasteiger partial charge in [-0.15, -0.1) is 0 Å². The molecule has 0 saturated heterocycles. The highest BCUT2D eigenvalue weighted by atomic mass is 16.3. The second-order valence-electron chi connectivity index (χ2n) is 18.7. The summed E-state index contributed by atoms with van der Waals surface area (Å²) >= 11 is 0. The van der Waals surface area contributed by atoms with Gasteiger partial charge in [-0.3, -0.25) is 0 Å². The van der Waals surface area contributed by atoms with Crippen molar-refractivity contribution in [2.45, 2.75) is 11.8 Å². The molecule has 0 N–H and O–H groups in total. The van der Waals surface area contributed by atoms with Gasteiger partial charge in [-0.1, -0.05) is 188 Å². The number of para-hydroxylation sites is 1. The van der Waals surface area contributed by atoms with Gasteiger partial charge >= 0.3 is 0 Å². The van der Waals surface area contributed by atoms with Crippen molar-refractivity contribution in [1.82, 2.24) is 0 Å². The summed E-state index contributed by atoms with van der Waals surface area (Å²) in [6.07, 6.45) is 0.933. The van der Waals surface area contributed by atoms with E-state index >= 15 is 0 Å². The lowest BCUT2D eigenvalue weighted by Crippen LogP contribution is -2.26. The third-order valence-corrected chi connectivity index (χ3v) is 15.3. The molecule has 0 bridgehead atoms. The van der Waals surface area contributed by atoms with Gasteiger partial charge in [0.1, 0.15) is 11.2 Å². The molecule has 0 aliphatic heterocycles. The Morgan fingerprint density at radius 1 is 0.353 bits per heavy atom. The van der Waals surface area contributed by atoms with Crippen LogP contribution in [0.4, 0.5) is 17.1 Å². The molecule has 68 heavy (non-hydrogen) atoms. The van der Waals surface area contributed by atoms with Crippen molar-refractivity contribution in [1.29, 1.82) is 0 Å². The summed E-state index contributed by atoms with van der Waals surface area (Å²) in [5.74, 6) is 0. The lowest BCUT2D eigenvalue weighted by Gasteiger charge is -2.32. The van der Waals surface area contributed by atoms with E-state index in [1.807, 2.05) is 12.1 Å². The van der Waals surface area contributed by atoms with E-state index in [4.69, 9.17) is 4.42 Å². The van der Waals surface area contributed by atoms with E-state index in [0.717, 1.165) is 56.5 Å². The Bertz CT molecular complexity index is 4010. The summed E-state index contributed by atoms with van der Waals surface area (Å²) < 4.78 is 6.33. The van der Waals surface area contributed by atoms with E-state index in [2.05, 4.69) is 229 Å². The third kappa shape index (κ3) is 5.17. The molecule has 0 atom stereocenters. The number of nitrogens with zero attached hydrogens (tertiary/aromatic N) is 1. The molecule has 0 radical (unpaired) electrons. The molecule has 1 spiro atoms. The first-order valence-corrected chi connectivity index (χ1v) is 23.7. The molecule has 0 saturated carbocycles. The average molecular weight is 864 g/mol. The van der Waals surface area contributed by atoms with Gasteiger partial charge in [0.2, 0.25) is 0 Å². The van der Waals surface area contributed by atoms with Gasteiger partial charge in [0, 0.05) is 27.7 Å². The normalized spacial score (nSPS) is 13.4. The van der Waals surface area contributed by atoms with Gasteiger partial charge in [-0.2, -0.15) is 0 Å². The van der Waals surface area contributed by atoms with Crippen LogP contribution in [0.5, 0.6) is 0 Å². The summed E-state index contributed by atoms with van der Waals surface area (Å²) in [6, 6.07) is 87.8. The fourth-order valence-electron chi connectivity index (χ4n) is 12.4. The molecule has 316 valence electrons. The van der Waals surface area contributed by atoms with Crippen molar-refractivity contribution in [2.75, 3.05) is 4.90 Å². The summed E-state index contributed by atoms with van der Waals surface area (Å²) in [4.78, 5) is 2.47. The second kappa shape index (κ2) is 14.1. The molecular formula is C66H41NO. The zero-order valence-electron chi connectivity index (χ0n) is 37.1. The first-order chi connectivity index (χ1) is 33.7. The van der Waals surface area contributed by atoms with Gasteiger partial charge in [0.15, 0.2) is 0 Å². The van der Waals surface area contributed by atoms with Crippen LogP contribution in [-0.4, -0.2) is 0 Å². The molecule has 2 nitrogen and oxygen atoms in total. The summed E-state index contributed by atoms with van der Waals surface area (Å²) in [5.41, 5.74) is 25.3. The molecule has 0 unspecified atom stereocenters. The number of hydrogen-bond acceptors (Lipinski definition) is 2. The van der Waals surface area contributed by atoms with E-state index in [-0.39, 0.29) is 0 Å². The number of hydrogen-bond donors (Lipinski definition) is 0. The molecular weight excluding hydrogens is 823 g/mol. The predicted molar refractivity (Wildman–Crippen MR) is 281 cm³/mol. The third-order valence-electron chi connectivity index (χ3n) is 15.3. The van der Waals surface area contributed by atoms with Crippen LogP contribution >= 0.6 is 0 Å². The fraction of sp³-hybridized carbons (Fsp3) is 0.0303. The number of benzene rings is 11. The highest BCUT2D eigenvalue weighted by Crippen LogP contribution is 2.64. The van der Waals surface area contributed by atoms with Crippen LogP contribution in [0.1, 0.15) is 33.4 Å². The Kier molecular flexibility index (Phi) is 7.80. The van der Waals surface area contributed by atoms with Crippen LogP contribution in [0.25, 0.3) is 88.3 Å². The van der Waals surface area contributed by atoms with Crippen molar-refractivity contribution >= 4 is 49.8 Å². The lowest BCUT2D eigenvalue weighted by atomic mass is 9.70. The van der Waals surface area contributed by atoms with Crippen LogP contribution in [-0.2, 0) is 11.8 Å². The first kappa shape index (κ1) is 37.5. The highest BCUT2D eigenvalue weighted by molar-refractivity contribution is 6.06. The smallest absolute Gasteiger partial charge is 0.136 e. The number of furan rings is 1. The van der Waals surface area contributed by atoms with E-state index in [9.17, 15) is 0 Å². The highest BCUT2D eigenvalue weighted by Gasteiger charge is 2.52. The predicted octanol–water partition coefficient (Wildman–Crippen LogP) is 17.5. The standard InChI is InChI=1S/C66H41NO/c1-5-20-57-51(15-1)52-16-2-6-21-58(52)66(57)59-22-7-3-18-56(59)65-60(66)23-11-24-61(65)67(49-34-28-42(29-35-49)45-31-37-54-53-17-4-8-25-62(53)68-63(54)40-45)48-32-26-41(27-33-48)44-30-36-50-47(38-44)39-46-14-9-12-43-13-10-19-55(50)64(43)46/h1-38,40H,39H2. The van der Waals surface area contributed by atoms with Crippen molar-refractivity contribution in [2.24, 2.45) is 0 Å². The molecule has 15 rings (SSSR count). The number of fused-ring (bicyclic) bond motifs is 15. The number of rotatable bonds is 5. The van der Waals surface area contributed by atoms with E-state index < -0.39 is 5.41 Å². The van der Waals surface area contributed by atoms with E-state index in [1.165, 1.54) is 88.7 Å². The van der Waals surface area contributed by atoms with E-state index in [0.29, 0.717) is 0 Å². The van der Waals surface area contributed by atoms with Crippen molar-refractivity contribution < 1.29 is 4.42 Å². The maximum absolute atomic E-state index is 6.33. The molecule has 11 aromatic carbocycles. The molecule has 3 aliphatic carbocycles. The SMILES string of the molecule is c1ccc2c(c1)-c1ccccc1C21c2ccccc2-c2c(N(c3ccc(-c4ccc5c(c4)Cc4cccc6cccc-5c46)cc3)c3ccc(-c4ccc5c(c4)oc4ccccc45)cc3)cccc21. The maximum atomic E-state index is 6.33. The Hall–Kier alpha value is -8.72. The lowest BCUT2D eigenvalue weighted by molar-refractivity contribution is 0.669. The molecule has 1 heterocycles. The monoisotopic (exact) mass is 863 g/mol.